The monoisotopic (exact) mass is 254 g/mol. The molecule has 1 heterocycles. The number of hydrogen-bond donors (Lipinski definition) is 1. The van der Waals surface area contributed by atoms with Crippen LogP contribution in [0.1, 0.15) is 52.4 Å². The van der Waals surface area contributed by atoms with Gasteiger partial charge in [0.2, 0.25) is 5.91 Å². The molecule has 0 aromatic carbocycles. The van der Waals surface area contributed by atoms with Crippen LogP contribution in [0, 0.1) is 0 Å². The van der Waals surface area contributed by atoms with Crippen molar-refractivity contribution in [1.82, 2.24) is 10.2 Å². The molecule has 18 heavy (non-hydrogen) atoms. The van der Waals surface area contributed by atoms with Crippen LogP contribution < -0.4 is 5.32 Å². The number of amides is 1. The first kappa shape index (κ1) is 13.8. The molecular weight excluding hydrogens is 228 g/mol. The molecule has 0 aromatic rings. The van der Waals surface area contributed by atoms with Crippen molar-refractivity contribution in [3.63, 3.8) is 0 Å². The Morgan fingerprint density at radius 1 is 1.39 bits per heavy atom. The smallest absolute Gasteiger partial charge is 0.244 e. The molecule has 1 unspecified atom stereocenters. The van der Waals surface area contributed by atoms with E-state index in [2.05, 4.69) is 12.2 Å². The minimum atomic E-state index is -0.230. The van der Waals surface area contributed by atoms with Crippen LogP contribution in [-0.2, 0) is 9.53 Å². The van der Waals surface area contributed by atoms with Crippen LogP contribution in [0.2, 0.25) is 0 Å². The second-order valence-electron chi connectivity index (χ2n) is 5.43. The normalized spacial score (nSPS) is 26.4. The highest BCUT2D eigenvalue weighted by Gasteiger charge is 2.51. The van der Waals surface area contributed by atoms with E-state index < -0.39 is 0 Å². The van der Waals surface area contributed by atoms with Crippen molar-refractivity contribution in [3.05, 3.63) is 0 Å². The first-order chi connectivity index (χ1) is 8.73. The summed E-state index contributed by atoms with van der Waals surface area (Å²) in [5.74, 6) is 0.318. The predicted octanol–water partition coefficient (Wildman–Crippen LogP) is 1.89. The first-order valence-corrected chi connectivity index (χ1v) is 7.40. The van der Waals surface area contributed by atoms with Crippen LogP contribution in [0.4, 0.5) is 0 Å². The Hall–Kier alpha value is -0.610. The van der Waals surface area contributed by atoms with Gasteiger partial charge in [-0.2, -0.15) is 0 Å². The van der Waals surface area contributed by atoms with E-state index in [-0.39, 0.29) is 11.7 Å². The zero-order valence-corrected chi connectivity index (χ0v) is 11.7. The van der Waals surface area contributed by atoms with E-state index >= 15 is 0 Å². The highest BCUT2D eigenvalue weighted by molar-refractivity contribution is 5.89. The summed E-state index contributed by atoms with van der Waals surface area (Å²) in [6, 6.07) is 0. The molecule has 0 bridgehead atoms. The van der Waals surface area contributed by atoms with Gasteiger partial charge < -0.3 is 9.64 Å². The quantitative estimate of drug-likeness (QED) is 0.736. The van der Waals surface area contributed by atoms with Gasteiger partial charge in [-0.15, -0.1) is 0 Å². The fourth-order valence-electron chi connectivity index (χ4n) is 3.28. The van der Waals surface area contributed by atoms with Crippen molar-refractivity contribution < 1.29 is 9.53 Å². The predicted molar refractivity (Wildman–Crippen MR) is 71.2 cm³/mol. The van der Waals surface area contributed by atoms with Gasteiger partial charge in [0.05, 0.1) is 18.3 Å². The molecule has 1 saturated carbocycles. The second kappa shape index (κ2) is 6.02. The van der Waals surface area contributed by atoms with E-state index in [9.17, 15) is 4.79 Å². The number of rotatable bonds is 6. The Labute approximate surface area is 110 Å². The maximum Gasteiger partial charge on any atom is 0.244 e. The highest BCUT2D eigenvalue weighted by Crippen LogP contribution is 2.37. The molecule has 4 heteroatoms. The largest absolute Gasteiger partial charge is 0.380 e. The summed E-state index contributed by atoms with van der Waals surface area (Å²) in [7, 11) is 0. The number of ether oxygens (including phenoxy) is 1. The number of carbonyl (C=O) groups is 1. The van der Waals surface area contributed by atoms with Crippen molar-refractivity contribution in [2.75, 3.05) is 19.8 Å². The summed E-state index contributed by atoms with van der Waals surface area (Å²) in [4.78, 5) is 14.6. The molecule has 1 aliphatic carbocycles. The summed E-state index contributed by atoms with van der Waals surface area (Å²) in [6.07, 6.45) is 6.74. The lowest BCUT2D eigenvalue weighted by Crippen LogP contribution is -2.44. The topological polar surface area (TPSA) is 41.6 Å². The van der Waals surface area contributed by atoms with Crippen molar-refractivity contribution in [2.24, 2.45) is 0 Å². The number of hydrogen-bond acceptors (Lipinski definition) is 3. The number of nitrogens with one attached hydrogen (secondary N) is 1. The maximum atomic E-state index is 12.6. The lowest BCUT2D eigenvalue weighted by Gasteiger charge is -2.23. The SMILES string of the molecule is CCCC1NC2(CCCC2)C(=O)N1CCOCC. The van der Waals surface area contributed by atoms with Crippen LogP contribution in [0.3, 0.4) is 0 Å². The summed E-state index contributed by atoms with van der Waals surface area (Å²) < 4.78 is 5.40. The van der Waals surface area contributed by atoms with Gasteiger partial charge in [-0.05, 0) is 26.2 Å². The third-order valence-electron chi connectivity index (χ3n) is 4.19. The van der Waals surface area contributed by atoms with Gasteiger partial charge in [0.15, 0.2) is 0 Å². The lowest BCUT2D eigenvalue weighted by atomic mass is 9.98. The van der Waals surface area contributed by atoms with Crippen molar-refractivity contribution in [2.45, 2.75) is 64.1 Å². The zero-order valence-electron chi connectivity index (χ0n) is 11.7. The highest BCUT2D eigenvalue weighted by atomic mass is 16.5. The Bertz CT molecular complexity index is 288. The van der Waals surface area contributed by atoms with Gasteiger partial charge in [0.1, 0.15) is 0 Å². The average Bonchev–Trinajstić information content (AvgIpc) is 2.92. The van der Waals surface area contributed by atoms with E-state index in [1.165, 1.54) is 12.8 Å². The average molecular weight is 254 g/mol. The molecule has 1 spiro atoms. The Kier molecular flexibility index (Phi) is 4.62. The lowest BCUT2D eigenvalue weighted by molar-refractivity contribution is -0.133. The summed E-state index contributed by atoms with van der Waals surface area (Å²) >= 11 is 0. The van der Waals surface area contributed by atoms with E-state index in [0.29, 0.717) is 12.5 Å². The Balaban J connectivity index is 2.01. The minimum Gasteiger partial charge on any atom is -0.380 e. The third-order valence-corrected chi connectivity index (χ3v) is 4.19. The van der Waals surface area contributed by atoms with Gasteiger partial charge in [0.25, 0.3) is 0 Å². The first-order valence-electron chi connectivity index (χ1n) is 7.40. The molecule has 1 N–H and O–H groups in total. The fourth-order valence-corrected chi connectivity index (χ4v) is 3.28. The Morgan fingerprint density at radius 3 is 2.72 bits per heavy atom. The molecule has 0 aromatic heterocycles. The Morgan fingerprint density at radius 2 is 2.11 bits per heavy atom. The molecule has 4 nitrogen and oxygen atoms in total. The van der Waals surface area contributed by atoms with Crippen molar-refractivity contribution >= 4 is 5.91 Å². The molecular formula is C14H26N2O2. The van der Waals surface area contributed by atoms with Gasteiger partial charge in [0, 0.05) is 13.2 Å². The van der Waals surface area contributed by atoms with Gasteiger partial charge >= 0.3 is 0 Å². The number of carbonyl (C=O) groups excluding carboxylic acids is 1. The zero-order chi connectivity index (χ0) is 13.0. The molecule has 1 atom stereocenters. The molecule has 1 aliphatic heterocycles. The van der Waals surface area contributed by atoms with E-state index in [0.717, 1.165) is 38.8 Å². The van der Waals surface area contributed by atoms with Crippen molar-refractivity contribution in [3.8, 4) is 0 Å². The third kappa shape index (κ3) is 2.54. The van der Waals surface area contributed by atoms with Crippen molar-refractivity contribution in [1.29, 1.82) is 0 Å². The van der Waals surface area contributed by atoms with Crippen LogP contribution >= 0.6 is 0 Å². The van der Waals surface area contributed by atoms with Crippen LogP contribution in [0.15, 0.2) is 0 Å². The summed E-state index contributed by atoms with van der Waals surface area (Å²) in [5, 5.41) is 3.61. The van der Waals surface area contributed by atoms with Crippen LogP contribution in [0.5, 0.6) is 0 Å². The van der Waals surface area contributed by atoms with E-state index in [1.807, 2.05) is 11.8 Å². The fraction of sp³-hybridized carbons (Fsp3) is 0.929. The van der Waals surface area contributed by atoms with Crippen LogP contribution in [-0.4, -0.2) is 42.3 Å². The van der Waals surface area contributed by atoms with E-state index in [4.69, 9.17) is 4.74 Å². The molecule has 0 radical (unpaired) electrons. The molecule has 2 fully saturated rings. The minimum absolute atomic E-state index is 0.223. The molecule has 1 saturated heterocycles. The van der Waals surface area contributed by atoms with Gasteiger partial charge in [-0.25, -0.2) is 0 Å². The van der Waals surface area contributed by atoms with Gasteiger partial charge in [-0.1, -0.05) is 26.2 Å². The number of nitrogens with zero attached hydrogens (tertiary/aromatic N) is 1. The maximum absolute atomic E-state index is 12.6. The summed E-state index contributed by atoms with van der Waals surface area (Å²) in [5.41, 5.74) is -0.230. The van der Waals surface area contributed by atoms with E-state index in [1.54, 1.807) is 0 Å². The summed E-state index contributed by atoms with van der Waals surface area (Å²) in [6.45, 7) is 6.27. The standard InChI is InChI=1S/C14H26N2O2/c1-3-7-12-15-14(8-5-6-9-14)13(17)16(12)10-11-18-4-2/h12,15H,3-11H2,1-2H3. The molecule has 1 amide bonds. The molecule has 2 rings (SSSR count). The molecule has 2 aliphatic rings. The van der Waals surface area contributed by atoms with Gasteiger partial charge in [-0.3, -0.25) is 10.1 Å². The van der Waals surface area contributed by atoms with Crippen LogP contribution in [0.25, 0.3) is 0 Å². The second-order valence-corrected chi connectivity index (χ2v) is 5.43. The molecule has 104 valence electrons.